The number of nitrogens with one attached hydrogen (secondary N) is 1. The molecule has 4 rings (SSSR count). The fraction of sp³-hybridized carbons (Fsp3) is 0.619. The summed E-state index contributed by atoms with van der Waals surface area (Å²) in [4.78, 5) is 22.0. The average molecular weight is 419 g/mol. The molecule has 158 valence electrons. The van der Waals surface area contributed by atoms with Crippen LogP contribution >= 0.6 is 11.3 Å². The molecule has 0 unspecified atom stereocenters. The third-order valence-electron chi connectivity index (χ3n) is 5.63. The Morgan fingerprint density at radius 3 is 2.83 bits per heavy atom. The lowest BCUT2D eigenvalue weighted by Crippen LogP contribution is -2.44. The number of amides is 1. The minimum atomic E-state index is 0.106. The van der Waals surface area contributed by atoms with Crippen LogP contribution in [0.3, 0.4) is 0 Å². The standard InChI is InChI=1S/C21H30N4O3S/c1-2-28-17-3-4-18-19(15-17)29-21(23-18)25-8-5-16(6-9-25)20(26)22-7-10-24-11-13-27-14-12-24/h3-4,15-16H,2,5-14H2,1H3,(H,22,26). The summed E-state index contributed by atoms with van der Waals surface area (Å²) in [5, 5.41) is 4.17. The van der Waals surface area contributed by atoms with Crippen molar-refractivity contribution in [3.63, 3.8) is 0 Å². The van der Waals surface area contributed by atoms with E-state index in [0.29, 0.717) is 6.61 Å². The molecule has 3 heterocycles. The van der Waals surface area contributed by atoms with Crippen LogP contribution in [0.25, 0.3) is 10.2 Å². The maximum atomic E-state index is 12.5. The van der Waals surface area contributed by atoms with Crippen molar-refractivity contribution < 1.29 is 14.3 Å². The highest BCUT2D eigenvalue weighted by Gasteiger charge is 2.26. The number of carbonyl (C=O) groups is 1. The van der Waals surface area contributed by atoms with Crippen LogP contribution in [0.1, 0.15) is 19.8 Å². The number of benzene rings is 1. The van der Waals surface area contributed by atoms with Crippen LogP contribution in [0.2, 0.25) is 0 Å². The third kappa shape index (κ3) is 5.18. The van der Waals surface area contributed by atoms with Crippen LogP contribution in [0.4, 0.5) is 5.13 Å². The fourth-order valence-corrected chi connectivity index (χ4v) is 4.97. The number of fused-ring (bicyclic) bond motifs is 1. The Balaban J connectivity index is 1.25. The van der Waals surface area contributed by atoms with Gasteiger partial charge in [0.1, 0.15) is 5.75 Å². The van der Waals surface area contributed by atoms with Crippen LogP contribution in [0, 0.1) is 5.92 Å². The van der Waals surface area contributed by atoms with Crippen LogP contribution < -0.4 is 15.0 Å². The zero-order valence-corrected chi connectivity index (χ0v) is 17.9. The molecule has 1 amide bonds. The van der Waals surface area contributed by atoms with Gasteiger partial charge in [-0.2, -0.15) is 0 Å². The molecule has 2 aliphatic heterocycles. The van der Waals surface area contributed by atoms with E-state index in [9.17, 15) is 4.79 Å². The second-order valence-electron chi connectivity index (χ2n) is 7.57. The molecule has 7 nitrogen and oxygen atoms in total. The fourth-order valence-electron chi connectivity index (χ4n) is 3.92. The molecular formula is C21H30N4O3S. The molecule has 0 radical (unpaired) electrons. The molecule has 2 fully saturated rings. The predicted molar refractivity (Wildman–Crippen MR) is 116 cm³/mol. The average Bonchev–Trinajstić information content (AvgIpc) is 3.18. The predicted octanol–water partition coefficient (Wildman–Crippen LogP) is 2.36. The smallest absolute Gasteiger partial charge is 0.223 e. The van der Waals surface area contributed by atoms with Crippen molar-refractivity contribution in [1.29, 1.82) is 0 Å². The van der Waals surface area contributed by atoms with E-state index in [2.05, 4.69) is 21.2 Å². The molecule has 2 aliphatic rings. The topological polar surface area (TPSA) is 66.9 Å². The number of ether oxygens (including phenoxy) is 2. The van der Waals surface area contributed by atoms with Gasteiger partial charge in [-0.3, -0.25) is 9.69 Å². The van der Waals surface area contributed by atoms with Crippen molar-refractivity contribution in [2.24, 2.45) is 5.92 Å². The number of carbonyl (C=O) groups excluding carboxylic acids is 1. The van der Waals surface area contributed by atoms with Gasteiger partial charge in [-0.25, -0.2) is 4.98 Å². The quantitative estimate of drug-likeness (QED) is 0.745. The number of morpholine rings is 1. The van der Waals surface area contributed by atoms with Gasteiger partial charge in [0.15, 0.2) is 5.13 Å². The highest BCUT2D eigenvalue weighted by Crippen LogP contribution is 2.33. The Bertz CT molecular complexity index is 813. The normalized spacial score (nSPS) is 18.9. The van der Waals surface area contributed by atoms with E-state index in [-0.39, 0.29) is 11.8 Å². The van der Waals surface area contributed by atoms with E-state index in [1.165, 1.54) is 0 Å². The highest BCUT2D eigenvalue weighted by molar-refractivity contribution is 7.22. The van der Waals surface area contributed by atoms with Gasteiger partial charge in [0.25, 0.3) is 0 Å². The molecule has 1 N–H and O–H groups in total. The van der Waals surface area contributed by atoms with Crippen molar-refractivity contribution in [1.82, 2.24) is 15.2 Å². The van der Waals surface area contributed by atoms with Gasteiger partial charge in [-0.05, 0) is 38.0 Å². The molecule has 2 saturated heterocycles. The van der Waals surface area contributed by atoms with Crippen molar-refractivity contribution in [3.05, 3.63) is 18.2 Å². The first-order valence-electron chi connectivity index (χ1n) is 10.6. The van der Waals surface area contributed by atoms with E-state index in [1.807, 2.05) is 19.1 Å². The largest absolute Gasteiger partial charge is 0.494 e. The number of piperidine rings is 1. The zero-order valence-electron chi connectivity index (χ0n) is 17.1. The van der Waals surface area contributed by atoms with Gasteiger partial charge in [0, 0.05) is 45.2 Å². The SMILES string of the molecule is CCOc1ccc2nc(N3CCC(C(=O)NCCN4CCOCC4)CC3)sc2c1. The van der Waals surface area contributed by atoms with E-state index >= 15 is 0 Å². The second-order valence-corrected chi connectivity index (χ2v) is 8.57. The van der Waals surface area contributed by atoms with E-state index in [0.717, 1.165) is 86.4 Å². The monoisotopic (exact) mass is 418 g/mol. The molecule has 2 aromatic rings. The lowest BCUT2D eigenvalue weighted by molar-refractivity contribution is -0.125. The Hall–Kier alpha value is -1.90. The molecule has 1 aromatic heterocycles. The molecule has 1 aromatic carbocycles. The number of rotatable bonds is 7. The molecule has 0 saturated carbocycles. The Labute approximate surface area is 176 Å². The number of hydrogen-bond acceptors (Lipinski definition) is 7. The first kappa shape index (κ1) is 20.4. The van der Waals surface area contributed by atoms with Gasteiger partial charge in [-0.1, -0.05) is 11.3 Å². The molecule has 8 heteroatoms. The number of thiazole rings is 1. The van der Waals surface area contributed by atoms with E-state index in [1.54, 1.807) is 11.3 Å². The number of nitrogens with zero attached hydrogens (tertiary/aromatic N) is 3. The summed E-state index contributed by atoms with van der Waals surface area (Å²) in [7, 11) is 0. The summed E-state index contributed by atoms with van der Waals surface area (Å²) in [6, 6.07) is 6.06. The van der Waals surface area contributed by atoms with Crippen molar-refractivity contribution >= 4 is 32.6 Å². The maximum Gasteiger partial charge on any atom is 0.223 e. The van der Waals surface area contributed by atoms with Gasteiger partial charge >= 0.3 is 0 Å². The summed E-state index contributed by atoms with van der Waals surface area (Å²) < 4.78 is 12.1. The second kappa shape index (κ2) is 9.73. The Kier molecular flexibility index (Phi) is 6.84. The van der Waals surface area contributed by atoms with Crippen molar-refractivity contribution in [3.8, 4) is 5.75 Å². The van der Waals surface area contributed by atoms with Crippen LogP contribution in [0.15, 0.2) is 18.2 Å². The van der Waals surface area contributed by atoms with Crippen LogP contribution in [-0.4, -0.2) is 74.9 Å². The number of aromatic nitrogens is 1. The van der Waals surface area contributed by atoms with E-state index < -0.39 is 0 Å². The number of anilines is 1. The molecule has 0 aliphatic carbocycles. The summed E-state index contributed by atoms with van der Waals surface area (Å²) in [5.41, 5.74) is 1.01. The first-order valence-corrected chi connectivity index (χ1v) is 11.4. The third-order valence-corrected chi connectivity index (χ3v) is 6.71. The minimum Gasteiger partial charge on any atom is -0.494 e. The summed E-state index contributed by atoms with van der Waals surface area (Å²) in [6.07, 6.45) is 1.76. The van der Waals surface area contributed by atoms with Gasteiger partial charge in [-0.15, -0.1) is 0 Å². The summed E-state index contributed by atoms with van der Waals surface area (Å²) in [5.74, 6) is 1.20. The molecule has 0 spiro atoms. The molecular weight excluding hydrogens is 388 g/mol. The molecule has 29 heavy (non-hydrogen) atoms. The van der Waals surface area contributed by atoms with E-state index in [4.69, 9.17) is 14.5 Å². The van der Waals surface area contributed by atoms with Crippen molar-refractivity contribution in [2.75, 3.05) is 64.0 Å². The van der Waals surface area contributed by atoms with Gasteiger partial charge < -0.3 is 19.7 Å². The van der Waals surface area contributed by atoms with Crippen LogP contribution in [0.5, 0.6) is 5.75 Å². The summed E-state index contributed by atoms with van der Waals surface area (Å²) >= 11 is 1.70. The lowest BCUT2D eigenvalue weighted by atomic mass is 9.96. The minimum absolute atomic E-state index is 0.106. The lowest BCUT2D eigenvalue weighted by Gasteiger charge is -2.31. The Morgan fingerprint density at radius 2 is 2.07 bits per heavy atom. The summed E-state index contributed by atoms with van der Waals surface area (Å²) in [6.45, 7) is 9.55. The first-order chi connectivity index (χ1) is 14.2. The van der Waals surface area contributed by atoms with Crippen molar-refractivity contribution in [2.45, 2.75) is 19.8 Å². The molecule has 0 bridgehead atoms. The zero-order chi connectivity index (χ0) is 20.1. The molecule has 0 atom stereocenters. The maximum absolute atomic E-state index is 12.5. The highest BCUT2D eigenvalue weighted by atomic mass is 32.1. The van der Waals surface area contributed by atoms with Crippen LogP contribution in [-0.2, 0) is 9.53 Å². The Morgan fingerprint density at radius 1 is 1.28 bits per heavy atom. The number of hydrogen-bond donors (Lipinski definition) is 1. The van der Waals surface area contributed by atoms with Gasteiger partial charge in [0.05, 0.1) is 30.0 Å². The van der Waals surface area contributed by atoms with Gasteiger partial charge in [0.2, 0.25) is 5.91 Å².